The molecule has 0 spiro atoms. The number of rotatable bonds is 10. The number of hydrogen-bond donors (Lipinski definition) is 4. The summed E-state index contributed by atoms with van der Waals surface area (Å²) in [7, 11) is 1.41. The highest BCUT2D eigenvalue weighted by Gasteiger charge is 2.32. The predicted octanol–water partition coefficient (Wildman–Crippen LogP) is 21.3. The summed E-state index contributed by atoms with van der Waals surface area (Å²) in [4.78, 5) is 22.1. The fourth-order valence-electron chi connectivity index (χ4n) is 12.3. The van der Waals surface area contributed by atoms with Crippen molar-refractivity contribution in [2.75, 3.05) is 7.11 Å². The maximum Gasteiger partial charge on any atom is 0.309 e. The largest absolute Gasteiger partial charge is 0.469 e. The Labute approximate surface area is 570 Å². The molecule has 2 fully saturated rings. The van der Waals surface area contributed by atoms with Crippen LogP contribution >= 0.6 is 0 Å². The molecule has 7 heteroatoms. The molecule has 2 saturated carbocycles. The van der Waals surface area contributed by atoms with Crippen LogP contribution in [0.3, 0.4) is 0 Å². The van der Waals surface area contributed by atoms with Crippen LogP contribution in [0.1, 0.15) is 276 Å². The summed E-state index contributed by atoms with van der Waals surface area (Å²) in [6, 6.07) is 54.2. The Morgan fingerprint density at radius 2 is 0.904 bits per heavy atom. The van der Waals surface area contributed by atoms with E-state index >= 15 is 0 Å². The molecule has 0 aromatic heterocycles. The molecule has 4 N–H and O–H groups in total. The zero-order chi connectivity index (χ0) is 70.7. The number of methoxy groups -OCH3 is 1. The van der Waals surface area contributed by atoms with Crippen molar-refractivity contribution in [1.29, 1.82) is 0 Å². The fraction of sp³-hybridized carbons (Fsp3) is 0.517. The second kappa shape index (κ2) is 34.6. The second-order valence-electron chi connectivity index (χ2n) is 33.2. The topological polar surface area (TPSA) is 124 Å². The molecule has 94 heavy (non-hydrogen) atoms. The molecule has 0 saturated heterocycles. The highest BCUT2D eigenvalue weighted by Crippen LogP contribution is 2.41. The summed E-state index contributed by atoms with van der Waals surface area (Å²) in [6.07, 6.45) is 12.9. The van der Waals surface area contributed by atoms with Gasteiger partial charge in [0.15, 0.2) is 0 Å². The van der Waals surface area contributed by atoms with Gasteiger partial charge in [-0.1, -0.05) is 307 Å². The Bertz CT molecular complexity index is 3340. The van der Waals surface area contributed by atoms with Gasteiger partial charge in [0.05, 0.1) is 36.9 Å². The van der Waals surface area contributed by atoms with Crippen LogP contribution in [0.5, 0.6) is 0 Å². The lowest BCUT2D eigenvalue weighted by Crippen LogP contribution is -2.28. The van der Waals surface area contributed by atoms with Crippen molar-refractivity contribution in [2.24, 2.45) is 11.3 Å². The van der Waals surface area contributed by atoms with Crippen molar-refractivity contribution in [3.8, 4) is 0 Å². The third-order valence-electron chi connectivity index (χ3n) is 18.0. The molecular formula is C87H124O7. The molecule has 7 nitrogen and oxygen atoms in total. The number of carbonyl (C=O) groups excluding carboxylic acids is 2. The van der Waals surface area contributed by atoms with Gasteiger partial charge < -0.3 is 25.2 Å². The Morgan fingerprint density at radius 1 is 0.468 bits per heavy atom. The molecule has 7 aromatic rings. The number of aliphatic hydroxyl groups excluding tert-OH is 1. The maximum atomic E-state index is 11.1. The minimum absolute atomic E-state index is 0.109. The molecule has 7 aromatic carbocycles. The van der Waals surface area contributed by atoms with E-state index in [2.05, 4.69) is 213 Å². The van der Waals surface area contributed by atoms with E-state index in [0.29, 0.717) is 18.3 Å². The summed E-state index contributed by atoms with van der Waals surface area (Å²) < 4.78 is 4.64. The van der Waals surface area contributed by atoms with Gasteiger partial charge >= 0.3 is 5.97 Å². The van der Waals surface area contributed by atoms with Crippen LogP contribution in [0.25, 0.3) is 10.8 Å². The monoisotopic (exact) mass is 1280 g/mol. The molecule has 0 heterocycles. The molecule has 9 rings (SSSR count). The maximum absolute atomic E-state index is 11.1. The number of Topliss-reactive ketones (excluding diaryl/α,β-unsaturated/α-hetero) is 1. The van der Waals surface area contributed by atoms with Crippen molar-refractivity contribution in [3.05, 3.63) is 224 Å². The van der Waals surface area contributed by atoms with Gasteiger partial charge in [0.25, 0.3) is 0 Å². The summed E-state index contributed by atoms with van der Waals surface area (Å²) in [5.41, 5.74) is 12.9. The zero-order valence-corrected chi connectivity index (χ0v) is 62.4. The number of benzene rings is 7. The van der Waals surface area contributed by atoms with Crippen molar-refractivity contribution in [3.63, 3.8) is 0 Å². The molecule has 2 aliphatic carbocycles. The summed E-state index contributed by atoms with van der Waals surface area (Å²) in [5.74, 6) is 1.57. The molecule has 2 aliphatic rings. The standard InChI is InChI=1S/C19H28O.C17H22O.C13H18O2.C13H20O.C13H18O.C12H18O/c1-15-7-3-4-8-18(15)16-9-11-17(12-10-16)19(20)13-5-2-6-14-19;1-16(2,3)14-10-6-9-13-12(14)8-7-11-15(13)17(4,5)18;1-13(2,3)11-7-5-6-10(8-11)9-12(14)15-4;1-12(2,3)10-7-6-8-11(9-10)13(4,5)14;1-10(14)8-11-6-5-7-12(9-11)13(2,3)4;1-12(2,3)8-10-4-6-11(9-13)7-5-10/h9-12,15,18,20H,2-8,13-14H2,1H3;6-11,18H,1-5H3;5-8H,9H2,1-4H3;6-9,14H,1-5H3;5-7,9H,8H2,1-4H3;4-7,13H,8-9H2,1-3H3. The van der Waals surface area contributed by atoms with E-state index in [1.165, 1.54) is 78.0 Å². The summed E-state index contributed by atoms with van der Waals surface area (Å²) in [6.45, 7) is 44.4. The summed E-state index contributed by atoms with van der Waals surface area (Å²) >= 11 is 0. The fourth-order valence-corrected chi connectivity index (χ4v) is 12.3. The van der Waals surface area contributed by atoms with E-state index in [1.807, 2.05) is 88.4 Å². The van der Waals surface area contributed by atoms with Gasteiger partial charge in [0.2, 0.25) is 0 Å². The number of esters is 1. The van der Waals surface area contributed by atoms with Crippen molar-refractivity contribution in [2.45, 2.75) is 273 Å². The van der Waals surface area contributed by atoms with E-state index < -0.39 is 16.8 Å². The first-order valence-electron chi connectivity index (χ1n) is 34.8. The quantitative estimate of drug-likeness (QED) is 0.101. The van der Waals surface area contributed by atoms with E-state index in [1.54, 1.807) is 6.92 Å². The van der Waals surface area contributed by atoms with Crippen molar-refractivity contribution < 1.29 is 34.8 Å². The van der Waals surface area contributed by atoms with Crippen LogP contribution in [-0.4, -0.2) is 39.3 Å². The van der Waals surface area contributed by atoms with Crippen LogP contribution in [0.4, 0.5) is 0 Å². The Kier molecular flexibility index (Phi) is 29.6. The Balaban J connectivity index is 0.000000242. The molecule has 0 aliphatic heterocycles. The average Bonchev–Trinajstić information content (AvgIpc) is 0.778. The summed E-state index contributed by atoms with van der Waals surface area (Å²) in [5, 5.41) is 42.2. The van der Waals surface area contributed by atoms with E-state index in [9.17, 15) is 24.9 Å². The SMILES string of the molecule is CC(=O)Cc1cccc(C(C)(C)C)c1.CC(C)(C)Cc1ccc(CO)cc1.CC(C)(C)c1cccc(C(C)(C)O)c1.CC(C)(C)c1cccc2c(C(C)(C)O)cccc12.CC1CCCCC1c1ccc(C2(O)CCCCC2)cc1.COC(=O)Cc1cccc(C(C)(C)C)c1. The first-order chi connectivity index (χ1) is 43.4. The molecule has 0 radical (unpaired) electrons. The molecule has 2 atom stereocenters. The number of carbonyl (C=O) groups is 2. The highest BCUT2D eigenvalue weighted by atomic mass is 16.5. The van der Waals surface area contributed by atoms with Gasteiger partial charge in [-0.2, -0.15) is 0 Å². The van der Waals surface area contributed by atoms with Gasteiger partial charge in [0.1, 0.15) is 5.78 Å². The predicted molar refractivity (Wildman–Crippen MR) is 398 cm³/mol. The highest BCUT2D eigenvalue weighted by molar-refractivity contribution is 5.90. The van der Waals surface area contributed by atoms with Crippen LogP contribution in [0, 0.1) is 11.3 Å². The first kappa shape index (κ1) is 80.2. The van der Waals surface area contributed by atoms with Gasteiger partial charge in [0, 0.05) is 6.42 Å². The van der Waals surface area contributed by atoms with Crippen LogP contribution in [0.2, 0.25) is 0 Å². The number of aliphatic hydroxyl groups is 4. The van der Waals surface area contributed by atoms with Gasteiger partial charge in [-0.15, -0.1) is 0 Å². The molecule has 0 amide bonds. The zero-order valence-electron chi connectivity index (χ0n) is 62.4. The molecule has 514 valence electrons. The Hall–Kier alpha value is -6.22. The second-order valence-corrected chi connectivity index (χ2v) is 33.2. The third-order valence-corrected chi connectivity index (χ3v) is 18.0. The average molecular weight is 1280 g/mol. The number of ether oxygens (including phenoxy) is 1. The van der Waals surface area contributed by atoms with Gasteiger partial charge in [-0.25, -0.2) is 0 Å². The smallest absolute Gasteiger partial charge is 0.309 e. The molecule has 0 bridgehead atoms. The van der Waals surface area contributed by atoms with Crippen molar-refractivity contribution >= 4 is 22.5 Å². The van der Waals surface area contributed by atoms with E-state index in [0.717, 1.165) is 82.7 Å². The number of fused-ring (bicyclic) bond motifs is 1. The number of hydrogen-bond acceptors (Lipinski definition) is 7. The minimum atomic E-state index is -0.810. The lowest BCUT2D eigenvalue weighted by Gasteiger charge is -2.33. The molecular weight excluding hydrogens is 1160 g/mol. The molecule has 2 unspecified atom stereocenters. The normalized spacial score (nSPS) is 15.9. The van der Waals surface area contributed by atoms with Crippen LogP contribution < -0.4 is 0 Å². The minimum Gasteiger partial charge on any atom is -0.469 e. The van der Waals surface area contributed by atoms with Crippen LogP contribution in [0.15, 0.2) is 158 Å². The Morgan fingerprint density at radius 3 is 1.34 bits per heavy atom. The lowest BCUT2D eigenvalue weighted by molar-refractivity contribution is -0.139. The van der Waals surface area contributed by atoms with Crippen molar-refractivity contribution in [1.82, 2.24) is 0 Å². The van der Waals surface area contributed by atoms with E-state index in [4.69, 9.17) is 5.11 Å². The number of ketones is 1. The first-order valence-corrected chi connectivity index (χ1v) is 34.8. The lowest BCUT2D eigenvalue weighted by atomic mass is 9.75. The van der Waals surface area contributed by atoms with Crippen LogP contribution in [-0.2, 0) is 78.7 Å². The van der Waals surface area contributed by atoms with E-state index in [-0.39, 0.29) is 40.0 Å². The third kappa shape index (κ3) is 26.8. The van der Waals surface area contributed by atoms with Gasteiger partial charge in [-0.05, 0) is 177 Å². The van der Waals surface area contributed by atoms with Gasteiger partial charge in [-0.3, -0.25) is 9.59 Å².